The van der Waals surface area contributed by atoms with Crippen LogP contribution in [0.25, 0.3) is 0 Å². The normalized spacial score (nSPS) is 17.6. The smallest absolute Gasteiger partial charge is 0.191 e. The Kier molecular flexibility index (Phi) is 3.90. The van der Waals surface area contributed by atoms with E-state index in [4.69, 9.17) is 8.94 Å². The molecule has 0 bridgehead atoms. The van der Waals surface area contributed by atoms with E-state index in [9.17, 15) is 4.79 Å². The predicted molar refractivity (Wildman–Crippen MR) is 85.2 cm³/mol. The molecule has 0 aliphatic heterocycles. The fourth-order valence-corrected chi connectivity index (χ4v) is 3.24. The Morgan fingerprint density at radius 3 is 2.57 bits per heavy atom. The lowest BCUT2D eigenvalue weighted by Crippen LogP contribution is -2.24. The molecule has 23 heavy (non-hydrogen) atoms. The second-order valence-corrected chi connectivity index (χ2v) is 7.56. The molecule has 1 fully saturated rings. The minimum atomic E-state index is -0.375. The average molecular weight is 316 g/mol. The highest BCUT2D eigenvalue weighted by atomic mass is 16.5. The number of Topliss-reactive ketones (excluding diaryl/α,β-unsaturated/α-hetero) is 1. The molecule has 0 unspecified atom stereocenters. The van der Waals surface area contributed by atoms with Gasteiger partial charge in [-0.3, -0.25) is 4.79 Å². The lowest BCUT2D eigenvalue weighted by Gasteiger charge is -2.23. The number of oxazole rings is 1. The number of ketones is 1. The zero-order valence-corrected chi connectivity index (χ0v) is 14.3. The molecule has 1 aliphatic carbocycles. The van der Waals surface area contributed by atoms with Crippen molar-refractivity contribution in [2.75, 3.05) is 0 Å². The van der Waals surface area contributed by atoms with E-state index in [1.807, 2.05) is 33.8 Å². The topological polar surface area (TPSA) is 69.1 Å². The molecule has 1 saturated carbocycles. The molecule has 2 aromatic rings. The maximum absolute atomic E-state index is 12.2. The van der Waals surface area contributed by atoms with Crippen LogP contribution in [0, 0.1) is 12.3 Å². The van der Waals surface area contributed by atoms with E-state index < -0.39 is 0 Å². The number of hydrogen-bond donors (Lipinski definition) is 0. The molecule has 5 nitrogen and oxygen atoms in total. The van der Waals surface area contributed by atoms with Gasteiger partial charge in [0.25, 0.3) is 0 Å². The number of carbonyl (C=O) groups is 1. The van der Waals surface area contributed by atoms with Gasteiger partial charge in [-0.1, -0.05) is 38.8 Å². The molecule has 124 valence electrons. The summed E-state index contributed by atoms with van der Waals surface area (Å²) in [5.41, 5.74) is 0.233. The summed E-state index contributed by atoms with van der Waals surface area (Å²) in [6, 6.07) is 1.92. The molecule has 0 aromatic carbocycles. The lowest BCUT2D eigenvalue weighted by molar-refractivity contribution is -0.125. The van der Waals surface area contributed by atoms with Gasteiger partial charge in [0.1, 0.15) is 17.3 Å². The number of hydrogen-bond acceptors (Lipinski definition) is 5. The number of aryl methyl sites for hydroxylation is 1. The van der Waals surface area contributed by atoms with Crippen LogP contribution < -0.4 is 0 Å². The van der Waals surface area contributed by atoms with Gasteiger partial charge in [-0.25, -0.2) is 4.98 Å². The molecule has 0 saturated heterocycles. The second-order valence-electron chi connectivity index (χ2n) is 7.56. The van der Waals surface area contributed by atoms with Gasteiger partial charge in [-0.05, 0) is 12.8 Å². The molecule has 0 spiro atoms. The highest BCUT2D eigenvalue weighted by Crippen LogP contribution is 2.46. The van der Waals surface area contributed by atoms with Crippen molar-refractivity contribution in [2.24, 2.45) is 5.41 Å². The van der Waals surface area contributed by atoms with E-state index in [0.717, 1.165) is 37.1 Å². The first-order chi connectivity index (χ1) is 10.8. The first-order valence-corrected chi connectivity index (χ1v) is 8.23. The van der Waals surface area contributed by atoms with Gasteiger partial charge in [0.2, 0.25) is 0 Å². The van der Waals surface area contributed by atoms with Gasteiger partial charge in [0.15, 0.2) is 5.89 Å². The maximum Gasteiger partial charge on any atom is 0.191 e. The van der Waals surface area contributed by atoms with Crippen molar-refractivity contribution in [3.63, 3.8) is 0 Å². The standard InChI is InChI=1S/C18H24N2O3/c1-12-19-11-16(22-12)18(7-5-6-8-18)14-9-13(23-20-14)10-15(21)17(2,3)4/h9,11H,5-8,10H2,1-4H3. The molecule has 0 N–H and O–H groups in total. The predicted octanol–water partition coefficient (Wildman–Crippen LogP) is 3.99. The van der Waals surface area contributed by atoms with Crippen LogP contribution in [-0.2, 0) is 16.6 Å². The molecule has 5 heteroatoms. The summed E-state index contributed by atoms with van der Waals surface area (Å²) in [6.45, 7) is 7.61. The van der Waals surface area contributed by atoms with Crippen LogP contribution in [0.3, 0.4) is 0 Å². The Balaban J connectivity index is 1.89. The quantitative estimate of drug-likeness (QED) is 0.853. The highest BCUT2D eigenvalue weighted by molar-refractivity contribution is 5.85. The molecule has 0 amide bonds. The summed E-state index contributed by atoms with van der Waals surface area (Å²) in [7, 11) is 0. The van der Waals surface area contributed by atoms with E-state index in [-0.39, 0.29) is 23.0 Å². The van der Waals surface area contributed by atoms with E-state index in [1.54, 1.807) is 6.20 Å². The first kappa shape index (κ1) is 16.0. The Morgan fingerprint density at radius 2 is 2.00 bits per heavy atom. The van der Waals surface area contributed by atoms with E-state index in [1.165, 1.54) is 0 Å². The molecular formula is C18H24N2O3. The minimum Gasteiger partial charge on any atom is -0.445 e. The Morgan fingerprint density at radius 1 is 1.30 bits per heavy atom. The number of aromatic nitrogens is 2. The van der Waals surface area contributed by atoms with Crippen molar-refractivity contribution in [2.45, 2.75) is 65.2 Å². The first-order valence-electron chi connectivity index (χ1n) is 8.23. The Bertz CT molecular complexity index is 700. The van der Waals surface area contributed by atoms with E-state index in [0.29, 0.717) is 11.7 Å². The van der Waals surface area contributed by atoms with Gasteiger partial charge >= 0.3 is 0 Å². The molecule has 2 heterocycles. The lowest BCUT2D eigenvalue weighted by atomic mass is 9.80. The summed E-state index contributed by atoms with van der Waals surface area (Å²) in [5, 5.41) is 4.28. The Labute approximate surface area is 136 Å². The third-order valence-corrected chi connectivity index (χ3v) is 4.77. The zero-order chi connectivity index (χ0) is 16.7. The fourth-order valence-electron chi connectivity index (χ4n) is 3.24. The second kappa shape index (κ2) is 5.62. The molecule has 0 radical (unpaired) electrons. The van der Waals surface area contributed by atoms with Crippen LogP contribution in [0.1, 0.15) is 69.6 Å². The van der Waals surface area contributed by atoms with E-state index >= 15 is 0 Å². The van der Waals surface area contributed by atoms with Crippen LogP contribution in [0.5, 0.6) is 0 Å². The van der Waals surface area contributed by atoms with Crippen LogP contribution in [0.15, 0.2) is 21.2 Å². The summed E-state index contributed by atoms with van der Waals surface area (Å²) >= 11 is 0. The van der Waals surface area contributed by atoms with Gasteiger partial charge in [0.05, 0.1) is 23.7 Å². The SMILES string of the molecule is Cc1ncc(C2(c3cc(CC(=O)C(C)(C)C)on3)CCCC2)o1. The maximum atomic E-state index is 12.2. The van der Waals surface area contributed by atoms with Crippen molar-refractivity contribution in [3.05, 3.63) is 35.4 Å². The Hall–Kier alpha value is -1.91. The average Bonchev–Trinajstić information content (AvgIpc) is 3.16. The van der Waals surface area contributed by atoms with Crippen LogP contribution in [0.2, 0.25) is 0 Å². The zero-order valence-electron chi connectivity index (χ0n) is 14.3. The minimum absolute atomic E-state index is 0.149. The van der Waals surface area contributed by atoms with Gasteiger partial charge in [-0.2, -0.15) is 0 Å². The number of nitrogens with zero attached hydrogens (tertiary/aromatic N) is 2. The molecular weight excluding hydrogens is 292 g/mol. The van der Waals surface area contributed by atoms with Crippen LogP contribution in [0.4, 0.5) is 0 Å². The van der Waals surface area contributed by atoms with Crippen molar-refractivity contribution in [3.8, 4) is 0 Å². The summed E-state index contributed by atoms with van der Waals surface area (Å²) in [4.78, 5) is 16.4. The largest absolute Gasteiger partial charge is 0.445 e. The van der Waals surface area contributed by atoms with Gasteiger partial charge in [0, 0.05) is 18.4 Å². The third kappa shape index (κ3) is 2.96. The molecule has 2 aromatic heterocycles. The molecule has 0 atom stereocenters. The van der Waals surface area contributed by atoms with Gasteiger partial charge in [-0.15, -0.1) is 0 Å². The van der Waals surface area contributed by atoms with Gasteiger partial charge < -0.3 is 8.94 Å². The van der Waals surface area contributed by atoms with Crippen molar-refractivity contribution < 1.29 is 13.7 Å². The number of rotatable bonds is 4. The van der Waals surface area contributed by atoms with Crippen molar-refractivity contribution in [1.82, 2.24) is 10.1 Å². The third-order valence-electron chi connectivity index (χ3n) is 4.77. The number of carbonyl (C=O) groups excluding carboxylic acids is 1. The molecule has 1 aliphatic rings. The van der Waals surface area contributed by atoms with E-state index in [2.05, 4.69) is 10.1 Å². The highest BCUT2D eigenvalue weighted by Gasteiger charge is 2.43. The fraction of sp³-hybridized carbons (Fsp3) is 0.611. The van der Waals surface area contributed by atoms with Crippen LogP contribution in [-0.4, -0.2) is 15.9 Å². The summed E-state index contributed by atoms with van der Waals surface area (Å²) in [5.74, 6) is 2.30. The summed E-state index contributed by atoms with van der Waals surface area (Å²) in [6.07, 6.45) is 6.28. The summed E-state index contributed by atoms with van der Waals surface area (Å²) < 4.78 is 11.3. The monoisotopic (exact) mass is 316 g/mol. The van der Waals surface area contributed by atoms with Crippen molar-refractivity contribution in [1.29, 1.82) is 0 Å². The van der Waals surface area contributed by atoms with Crippen LogP contribution >= 0.6 is 0 Å². The molecule has 3 rings (SSSR count). The van der Waals surface area contributed by atoms with Crippen molar-refractivity contribution >= 4 is 5.78 Å².